The van der Waals surface area contributed by atoms with Gasteiger partial charge in [0.15, 0.2) is 0 Å². The highest BCUT2D eigenvalue weighted by Gasteiger charge is 2.34. The van der Waals surface area contributed by atoms with Crippen LogP contribution >= 0.6 is 0 Å². The van der Waals surface area contributed by atoms with Gasteiger partial charge < -0.3 is 16.0 Å². The minimum atomic E-state index is -0.569. The average Bonchev–Trinajstić information content (AvgIpc) is 2.86. The number of nitrogens with two attached hydrogens (primary N) is 1. The molecular formula is C14H16N4O3. The van der Waals surface area contributed by atoms with Gasteiger partial charge in [0.25, 0.3) is 5.91 Å². The number of primary amides is 1. The monoisotopic (exact) mass is 288 g/mol. The maximum Gasteiger partial charge on any atom is 0.255 e. The summed E-state index contributed by atoms with van der Waals surface area (Å²) in [5, 5.41) is 2.62. The molecule has 2 aliphatic rings. The summed E-state index contributed by atoms with van der Waals surface area (Å²) in [5.41, 5.74) is 6.42. The molecule has 3 N–H and O–H groups in total. The molecule has 0 spiro atoms. The highest BCUT2D eigenvalue weighted by molar-refractivity contribution is 6.05. The van der Waals surface area contributed by atoms with Crippen LogP contribution < -0.4 is 11.1 Å². The quantitative estimate of drug-likeness (QED) is 0.802. The Balaban J connectivity index is 1.94. The Hall–Kier alpha value is -2.44. The van der Waals surface area contributed by atoms with Gasteiger partial charge in [-0.1, -0.05) is 0 Å². The highest BCUT2D eigenvalue weighted by Crippen LogP contribution is 2.27. The Labute approximate surface area is 121 Å². The zero-order valence-corrected chi connectivity index (χ0v) is 11.5. The van der Waals surface area contributed by atoms with E-state index in [9.17, 15) is 14.4 Å². The predicted molar refractivity (Wildman–Crippen MR) is 74.4 cm³/mol. The number of aromatic nitrogens is 1. The third kappa shape index (κ3) is 2.35. The second-order valence-corrected chi connectivity index (χ2v) is 5.32. The van der Waals surface area contributed by atoms with Crippen LogP contribution in [0, 0.1) is 0 Å². The molecule has 0 saturated carbocycles. The van der Waals surface area contributed by atoms with E-state index in [0.29, 0.717) is 29.9 Å². The van der Waals surface area contributed by atoms with Crippen molar-refractivity contribution in [2.45, 2.75) is 31.7 Å². The lowest BCUT2D eigenvalue weighted by Gasteiger charge is -2.34. The number of anilines is 1. The number of amides is 3. The molecule has 0 aromatic carbocycles. The lowest BCUT2D eigenvalue weighted by atomic mass is 9.99. The Bertz CT molecular complexity index is 629. The van der Waals surface area contributed by atoms with Gasteiger partial charge in [0.05, 0.1) is 6.42 Å². The van der Waals surface area contributed by atoms with Crippen molar-refractivity contribution in [3.63, 3.8) is 0 Å². The van der Waals surface area contributed by atoms with Gasteiger partial charge in [-0.05, 0) is 25.3 Å². The first-order chi connectivity index (χ1) is 10.1. The fourth-order valence-corrected chi connectivity index (χ4v) is 2.94. The van der Waals surface area contributed by atoms with Crippen LogP contribution in [-0.4, -0.2) is 40.2 Å². The maximum absolute atomic E-state index is 12.7. The summed E-state index contributed by atoms with van der Waals surface area (Å²) >= 11 is 0. The van der Waals surface area contributed by atoms with Crippen LogP contribution in [0.4, 0.5) is 5.82 Å². The molecule has 2 aliphatic heterocycles. The first-order valence-electron chi connectivity index (χ1n) is 6.96. The number of hydrogen-bond acceptors (Lipinski definition) is 4. The highest BCUT2D eigenvalue weighted by atomic mass is 16.2. The van der Waals surface area contributed by atoms with E-state index in [1.54, 1.807) is 6.07 Å². The van der Waals surface area contributed by atoms with Crippen molar-refractivity contribution in [3.05, 3.63) is 23.4 Å². The Kier molecular flexibility index (Phi) is 3.32. The van der Waals surface area contributed by atoms with E-state index in [1.807, 2.05) is 0 Å². The zero-order chi connectivity index (χ0) is 15.0. The molecule has 21 heavy (non-hydrogen) atoms. The predicted octanol–water partition coefficient (Wildman–Crippen LogP) is 0.0562. The third-order valence-electron chi connectivity index (χ3n) is 3.97. The zero-order valence-electron chi connectivity index (χ0n) is 11.5. The smallest absolute Gasteiger partial charge is 0.255 e. The summed E-state index contributed by atoms with van der Waals surface area (Å²) in [7, 11) is 0. The van der Waals surface area contributed by atoms with Gasteiger partial charge in [0.2, 0.25) is 11.8 Å². The van der Waals surface area contributed by atoms with Crippen molar-refractivity contribution >= 4 is 23.5 Å². The number of hydrogen-bond donors (Lipinski definition) is 2. The SMILES string of the molecule is NC(=O)[C@@H]1CCCCN1C(=O)c1ccnc2c1CC(=O)N2. The summed E-state index contributed by atoms with van der Waals surface area (Å²) in [6, 6.07) is 1.02. The summed E-state index contributed by atoms with van der Waals surface area (Å²) in [6.07, 6.45) is 3.94. The van der Waals surface area contributed by atoms with E-state index in [-0.39, 0.29) is 18.2 Å². The van der Waals surface area contributed by atoms with Crippen LogP contribution in [0.2, 0.25) is 0 Å². The molecule has 1 atom stereocenters. The molecule has 1 fully saturated rings. The number of pyridine rings is 1. The first-order valence-corrected chi connectivity index (χ1v) is 6.96. The van der Waals surface area contributed by atoms with Gasteiger partial charge in [-0.3, -0.25) is 14.4 Å². The molecule has 1 aromatic heterocycles. The van der Waals surface area contributed by atoms with Crippen LogP contribution in [0.5, 0.6) is 0 Å². The number of nitrogens with zero attached hydrogens (tertiary/aromatic N) is 2. The van der Waals surface area contributed by atoms with Crippen molar-refractivity contribution < 1.29 is 14.4 Å². The molecule has 0 bridgehead atoms. The molecule has 3 amide bonds. The molecule has 1 saturated heterocycles. The molecule has 3 rings (SSSR count). The van der Waals surface area contributed by atoms with E-state index >= 15 is 0 Å². The minimum absolute atomic E-state index is 0.138. The van der Waals surface area contributed by atoms with Gasteiger partial charge in [-0.15, -0.1) is 0 Å². The number of nitrogens with one attached hydrogen (secondary N) is 1. The number of piperidine rings is 1. The molecule has 0 aliphatic carbocycles. The van der Waals surface area contributed by atoms with E-state index in [2.05, 4.69) is 10.3 Å². The van der Waals surface area contributed by atoms with Crippen molar-refractivity contribution in [3.8, 4) is 0 Å². The Morgan fingerprint density at radius 1 is 1.38 bits per heavy atom. The standard InChI is InChI=1S/C14H16N4O3/c15-12(20)10-3-1-2-6-18(10)14(21)8-4-5-16-13-9(8)7-11(19)17-13/h4-5,10H,1-3,6-7H2,(H2,15,20)(H,16,17,19)/t10-/m0/s1. The van der Waals surface area contributed by atoms with E-state index < -0.39 is 11.9 Å². The number of carbonyl (C=O) groups excluding carboxylic acids is 3. The summed E-state index contributed by atoms with van der Waals surface area (Å²) in [6.45, 7) is 0.505. The van der Waals surface area contributed by atoms with Crippen LogP contribution in [0.1, 0.15) is 35.2 Å². The fraction of sp³-hybridized carbons (Fsp3) is 0.429. The number of carbonyl (C=O) groups is 3. The number of fused-ring (bicyclic) bond motifs is 1. The lowest BCUT2D eigenvalue weighted by molar-refractivity contribution is -0.123. The molecular weight excluding hydrogens is 272 g/mol. The van der Waals surface area contributed by atoms with Gasteiger partial charge >= 0.3 is 0 Å². The Morgan fingerprint density at radius 2 is 2.19 bits per heavy atom. The first kappa shape index (κ1) is 13.5. The summed E-state index contributed by atoms with van der Waals surface area (Å²) in [5.74, 6) is -0.488. The van der Waals surface area contributed by atoms with E-state index in [1.165, 1.54) is 11.1 Å². The molecule has 3 heterocycles. The van der Waals surface area contributed by atoms with Crippen LogP contribution in [0.15, 0.2) is 12.3 Å². The van der Waals surface area contributed by atoms with Crippen LogP contribution in [0.3, 0.4) is 0 Å². The van der Waals surface area contributed by atoms with Crippen molar-refractivity contribution in [1.82, 2.24) is 9.88 Å². The van der Waals surface area contributed by atoms with Crippen LogP contribution in [0.25, 0.3) is 0 Å². The largest absolute Gasteiger partial charge is 0.368 e. The topological polar surface area (TPSA) is 105 Å². The van der Waals surface area contributed by atoms with E-state index in [4.69, 9.17) is 5.73 Å². The lowest BCUT2D eigenvalue weighted by Crippen LogP contribution is -2.50. The van der Waals surface area contributed by atoms with Gasteiger partial charge in [-0.2, -0.15) is 0 Å². The molecule has 0 unspecified atom stereocenters. The normalized spacial score (nSPS) is 20.9. The van der Waals surface area contributed by atoms with E-state index in [0.717, 1.165) is 12.8 Å². The maximum atomic E-state index is 12.7. The number of rotatable bonds is 2. The third-order valence-corrected chi connectivity index (χ3v) is 3.97. The molecule has 7 heteroatoms. The van der Waals surface area contributed by atoms with Gasteiger partial charge in [0.1, 0.15) is 11.9 Å². The minimum Gasteiger partial charge on any atom is -0.368 e. The molecule has 0 radical (unpaired) electrons. The van der Waals surface area contributed by atoms with Gasteiger partial charge in [-0.25, -0.2) is 4.98 Å². The van der Waals surface area contributed by atoms with Gasteiger partial charge in [0, 0.05) is 23.9 Å². The fourth-order valence-electron chi connectivity index (χ4n) is 2.94. The molecule has 110 valence electrons. The van der Waals surface area contributed by atoms with Crippen molar-refractivity contribution in [2.24, 2.45) is 5.73 Å². The Morgan fingerprint density at radius 3 is 2.95 bits per heavy atom. The van der Waals surface area contributed by atoms with Crippen molar-refractivity contribution in [1.29, 1.82) is 0 Å². The molecule has 1 aromatic rings. The average molecular weight is 288 g/mol. The van der Waals surface area contributed by atoms with Crippen molar-refractivity contribution in [2.75, 3.05) is 11.9 Å². The second kappa shape index (κ2) is 5.16. The summed E-state index contributed by atoms with van der Waals surface area (Å²) < 4.78 is 0. The second-order valence-electron chi connectivity index (χ2n) is 5.32. The number of likely N-dealkylation sites (tertiary alicyclic amines) is 1. The molecule has 7 nitrogen and oxygen atoms in total. The summed E-state index contributed by atoms with van der Waals surface area (Å²) in [4.78, 5) is 41.3. The van der Waals surface area contributed by atoms with Crippen LogP contribution in [-0.2, 0) is 16.0 Å².